The zero-order valence-corrected chi connectivity index (χ0v) is 14.0. The highest BCUT2D eigenvalue weighted by atomic mass is 16.3. The number of nitrogens with zero attached hydrogens (tertiary/aromatic N) is 1. The van der Waals surface area contributed by atoms with Crippen LogP contribution in [-0.4, -0.2) is 43.2 Å². The summed E-state index contributed by atoms with van der Waals surface area (Å²) < 4.78 is 0. The summed E-state index contributed by atoms with van der Waals surface area (Å²) in [6, 6.07) is 2.25. The number of aliphatic hydroxyl groups excluding tert-OH is 1. The van der Waals surface area contributed by atoms with E-state index in [-0.39, 0.29) is 6.04 Å². The SMILES string of the molecule is Cc1cc(C)c(C)c(C(O)C(C)NCCN(C)C)c1C. The zero-order valence-electron chi connectivity index (χ0n) is 14.0. The van der Waals surface area contributed by atoms with Crippen molar-refractivity contribution in [2.45, 2.75) is 46.8 Å². The quantitative estimate of drug-likeness (QED) is 0.839. The van der Waals surface area contributed by atoms with Crippen LogP contribution >= 0.6 is 0 Å². The van der Waals surface area contributed by atoms with E-state index in [1.165, 1.54) is 22.3 Å². The highest BCUT2D eigenvalue weighted by Crippen LogP contribution is 2.29. The first kappa shape index (κ1) is 17.2. The summed E-state index contributed by atoms with van der Waals surface area (Å²) in [7, 11) is 4.11. The number of nitrogens with one attached hydrogen (secondary N) is 1. The first-order valence-corrected chi connectivity index (χ1v) is 7.39. The summed E-state index contributed by atoms with van der Waals surface area (Å²) in [4.78, 5) is 2.14. The van der Waals surface area contributed by atoms with Gasteiger partial charge in [0.2, 0.25) is 0 Å². The molecule has 0 aliphatic heterocycles. The van der Waals surface area contributed by atoms with E-state index in [9.17, 15) is 5.11 Å². The number of hydrogen-bond acceptors (Lipinski definition) is 3. The maximum absolute atomic E-state index is 10.7. The maximum atomic E-state index is 10.7. The van der Waals surface area contributed by atoms with Gasteiger partial charge in [-0.05, 0) is 76.5 Å². The summed E-state index contributed by atoms with van der Waals surface area (Å²) in [5, 5.41) is 14.1. The molecule has 2 atom stereocenters. The van der Waals surface area contributed by atoms with Crippen molar-refractivity contribution < 1.29 is 5.11 Å². The maximum Gasteiger partial charge on any atom is 0.0945 e. The van der Waals surface area contributed by atoms with Crippen LogP contribution in [0.1, 0.15) is 40.8 Å². The van der Waals surface area contributed by atoms with Gasteiger partial charge in [0.15, 0.2) is 0 Å². The van der Waals surface area contributed by atoms with Crippen molar-refractivity contribution in [3.05, 3.63) is 33.9 Å². The molecule has 0 spiro atoms. The number of rotatable bonds is 6. The molecule has 1 aromatic rings. The lowest BCUT2D eigenvalue weighted by molar-refractivity contribution is 0.133. The lowest BCUT2D eigenvalue weighted by Gasteiger charge is -2.26. The number of aliphatic hydroxyl groups is 1. The monoisotopic (exact) mass is 278 g/mol. The minimum absolute atomic E-state index is 0.0496. The van der Waals surface area contributed by atoms with Crippen LogP contribution < -0.4 is 5.32 Å². The van der Waals surface area contributed by atoms with Crippen LogP contribution in [-0.2, 0) is 0 Å². The van der Waals surface area contributed by atoms with Crippen LogP contribution in [0.4, 0.5) is 0 Å². The third-order valence-electron chi connectivity index (χ3n) is 4.22. The molecule has 0 bridgehead atoms. The molecule has 0 heterocycles. The van der Waals surface area contributed by atoms with Gasteiger partial charge in [-0.2, -0.15) is 0 Å². The fourth-order valence-corrected chi connectivity index (χ4v) is 2.57. The van der Waals surface area contributed by atoms with Gasteiger partial charge >= 0.3 is 0 Å². The van der Waals surface area contributed by atoms with Gasteiger partial charge in [-0.15, -0.1) is 0 Å². The summed E-state index contributed by atoms with van der Waals surface area (Å²) in [5.74, 6) is 0. The van der Waals surface area contributed by atoms with Gasteiger partial charge in [0.1, 0.15) is 0 Å². The number of hydrogen-bond donors (Lipinski definition) is 2. The second-order valence-electron chi connectivity index (χ2n) is 6.16. The Hall–Kier alpha value is -0.900. The average molecular weight is 278 g/mol. The van der Waals surface area contributed by atoms with Gasteiger partial charge in [0.05, 0.1) is 6.10 Å². The molecule has 0 radical (unpaired) electrons. The molecule has 0 saturated carbocycles. The molecule has 1 rings (SSSR count). The van der Waals surface area contributed by atoms with Crippen molar-refractivity contribution in [1.82, 2.24) is 10.2 Å². The molecule has 0 fully saturated rings. The van der Waals surface area contributed by atoms with Crippen molar-refractivity contribution in [1.29, 1.82) is 0 Å². The van der Waals surface area contributed by atoms with Crippen molar-refractivity contribution in [2.24, 2.45) is 0 Å². The van der Waals surface area contributed by atoms with Gasteiger partial charge < -0.3 is 15.3 Å². The molecule has 0 aromatic heterocycles. The molecule has 3 nitrogen and oxygen atoms in total. The standard InChI is InChI=1S/C17H30N2O/c1-11-10-12(2)14(4)16(13(11)3)17(20)15(5)18-8-9-19(6)7/h10,15,17-18,20H,8-9H2,1-7H3. The number of aryl methyl sites for hydroxylation is 2. The molecule has 0 saturated heterocycles. The van der Waals surface area contributed by atoms with Crippen LogP contribution in [0, 0.1) is 27.7 Å². The largest absolute Gasteiger partial charge is 0.387 e. The Morgan fingerprint density at radius 1 is 1.10 bits per heavy atom. The van der Waals surface area contributed by atoms with E-state index in [2.05, 4.69) is 65.0 Å². The Balaban J connectivity index is 2.89. The highest BCUT2D eigenvalue weighted by Gasteiger charge is 2.21. The normalized spacial score (nSPS) is 14.7. The molecule has 1 aromatic carbocycles. The summed E-state index contributed by atoms with van der Waals surface area (Å²) in [6.07, 6.45) is -0.462. The molecule has 2 N–H and O–H groups in total. The second-order valence-corrected chi connectivity index (χ2v) is 6.16. The summed E-state index contributed by atoms with van der Waals surface area (Å²) in [5.41, 5.74) is 6.02. The lowest BCUT2D eigenvalue weighted by Crippen LogP contribution is -2.37. The topological polar surface area (TPSA) is 35.5 Å². The fourth-order valence-electron chi connectivity index (χ4n) is 2.57. The van der Waals surface area contributed by atoms with Crippen LogP contribution in [0.3, 0.4) is 0 Å². The Morgan fingerprint density at radius 3 is 2.05 bits per heavy atom. The van der Waals surface area contributed by atoms with Crippen LogP contribution in [0.2, 0.25) is 0 Å². The van der Waals surface area contributed by atoms with Gasteiger partial charge in [-0.1, -0.05) is 6.07 Å². The van der Waals surface area contributed by atoms with Gasteiger partial charge in [-0.25, -0.2) is 0 Å². The number of likely N-dealkylation sites (N-methyl/N-ethyl adjacent to an activating group) is 1. The Labute approximate surface area is 124 Å². The minimum Gasteiger partial charge on any atom is -0.387 e. The van der Waals surface area contributed by atoms with Crippen LogP contribution in [0.25, 0.3) is 0 Å². The van der Waals surface area contributed by atoms with E-state index in [4.69, 9.17) is 0 Å². The predicted molar refractivity (Wildman–Crippen MR) is 86.4 cm³/mol. The minimum atomic E-state index is -0.462. The molecule has 114 valence electrons. The van der Waals surface area contributed by atoms with E-state index in [1.54, 1.807) is 0 Å². The lowest BCUT2D eigenvalue weighted by atomic mass is 9.88. The van der Waals surface area contributed by atoms with E-state index in [1.807, 2.05) is 0 Å². The van der Waals surface area contributed by atoms with E-state index in [0.717, 1.165) is 18.7 Å². The van der Waals surface area contributed by atoms with Crippen molar-refractivity contribution >= 4 is 0 Å². The fraction of sp³-hybridized carbons (Fsp3) is 0.647. The molecule has 2 unspecified atom stereocenters. The second kappa shape index (κ2) is 7.21. The van der Waals surface area contributed by atoms with Crippen molar-refractivity contribution in [2.75, 3.05) is 27.2 Å². The molecule has 3 heteroatoms. The van der Waals surface area contributed by atoms with E-state index in [0.29, 0.717) is 0 Å². The first-order valence-electron chi connectivity index (χ1n) is 7.39. The molecule has 20 heavy (non-hydrogen) atoms. The van der Waals surface area contributed by atoms with Crippen LogP contribution in [0.15, 0.2) is 6.07 Å². The third kappa shape index (κ3) is 4.05. The zero-order chi connectivity index (χ0) is 15.4. The average Bonchev–Trinajstić information content (AvgIpc) is 2.36. The van der Waals surface area contributed by atoms with Crippen LogP contribution in [0.5, 0.6) is 0 Å². The number of benzene rings is 1. The molecule has 0 aliphatic carbocycles. The first-order chi connectivity index (χ1) is 9.25. The molecule has 0 amide bonds. The summed E-state index contributed by atoms with van der Waals surface area (Å²) in [6.45, 7) is 12.3. The Bertz CT molecular complexity index is 429. The van der Waals surface area contributed by atoms with Gasteiger partial charge in [0.25, 0.3) is 0 Å². The summed E-state index contributed by atoms with van der Waals surface area (Å²) >= 11 is 0. The highest BCUT2D eigenvalue weighted by molar-refractivity contribution is 5.45. The smallest absolute Gasteiger partial charge is 0.0945 e. The molecular weight excluding hydrogens is 248 g/mol. The van der Waals surface area contributed by atoms with Crippen molar-refractivity contribution in [3.8, 4) is 0 Å². The Morgan fingerprint density at radius 2 is 1.60 bits per heavy atom. The predicted octanol–water partition coefficient (Wildman–Crippen LogP) is 2.49. The van der Waals surface area contributed by atoms with E-state index >= 15 is 0 Å². The molecular formula is C17H30N2O. The molecule has 0 aliphatic rings. The van der Waals surface area contributed by atoms with Crippen molar-refractivity contribution in [3.63, 3.8) is 0 Å². The van der Waals surface area contributed by atoms with E-state index < -0.39 is 6.10 Å². The Kier molecular flexibility index (Phi) is 6.18. The van der Waals surface area contributed by atoms with Gasteiger partial charge in [0, 0.05) is 19.1 Å². The third-order valence-corrected chi connectivity index (χ3v) is 4.22. The van der Waals surface area contributed by atoms with Gasteiger partial charge in [-0.3, -0.25) is 0 Å².